The molecule has 2 aromatic rings. The van der Waals surface area contributed by atoms with Crippen LogP contribution in [0, 0.1) is 6.92 Å². The first kappa shape index (κ1) is 25.0. The van der Waals surface area contributed by atoms with Gasteiger partial charge in [-0.3, -0.25) is 9.59 Å². The van der Waals surface area contributed by atoms with Crippen molar-refractivity contribution in [1.29, 1.82) is 0 Å². The summed E-state index contributed by atoms with van der Waals surface area (Å²) in [5.41, 5.74) is 0.956. The smallest absolute Gasteiger partial charge is 0.248 e. The van der Waals surface area contributed by atoms with Crippen LogP contribution in [0.25, 0.3) is 0 Å². The molecule has 0 spiro atoms. The number of benzene rings is 2. The maximum atomic E-state index is 13.2. The van der Waals surface area contributed by atoms with E-state index < -0.39 is 5.60 Å². The van der Waals surface area contributed by atoms with Crippen LogP contribution >= 0.6 is 11.6 Å². The Morgan fingerprint density at radius 1 is 1.21 bits per heavy atom. The van der Waals surface area contributed by atoms with Gasteiger partial charge in [0.1, 0.15) is 24.6 Å². The Balaban J connectivity index is 1.75. The van der Waals surface area contributed by atoms with E-state index in [9.17, 15) is 9.59 Å². The lowest BCUT2D eigenvalue weighted by molar-refractivity contribution is -0.167. The van der Waals surface area contributed by atoms with Gasteiger partial charge in [-0.05, 0) is 36.2 Å². The molecule has 0 saturated carbocycles. The molecule has 1 heterocycles. The van der Waals surface area contributed by atoms with Gasteiger partial charge in [0.2, 0.25) is 11.8 Å². The molecular weight excluding hydrogens is 444 g/mol. The summed E-state index contributed by atoms with van der Waals surface area (Å²) in [6.45, 7) is 3.48. The van der Waals surface area contributed by atoms with Gasteiger partial charge in [-0.25, -0.2) is 0 Å². The van der Waals surface area contributed by atoms with Gasteiger partial charge in [0.25, 0.3) is 0 Å². The molecule has 1 fully saturated rings. The zero-order valence-electron chi connectivity index (χ0n) is 19.4. The number of amides is 2. The van der Waals surface area contributed by atoms with Gasteiger partial charge < -0.3 is 24.0 Å². The Bertz CT molecular complexity index is 955. The SMILES string of the molecule is COCC(=O)N1CCO[C@](COc2ccc(Cl)c(C)c2)(CC(=O)N(C)Cc2ccccc2)C1. The van der Waals surface area contributed by atoms with Gasteiger partial charge in [-0.1, -0.05) is 41.9 Å². The maximum absolute atomic E-state index is 13.2. The lowest BCUT2D eigenvalue weighted by Crippen LogP contribution is -2.58. The summed E-state index contributed by atoms with van der Waals surface area (Å²) in [6, 6.07) is 15.2. The topological polar surface area (TPSA) is 68.3 Å². The van der Waals surface area contributed by atoms with Crippen LogP contribution in [0.1, 0.15) is 17.5 Å². The number of rotatable bonds is 9. The van der Waals surface area contributed by atoms with Crippen LogP contribution in [-0.4, -0.2) is 74.3 Å². The van der Waals surface area contributed by atoms with E-state index in [1.54, 1.807) is 29.0 Å². The third-order valence-corrected chi connectivity index (χ3v) is 6.09. The monoisotopic (exact) mass is 474 g/mol. The molecule has 7 nitrogen and oxygen atoms in total. The lowest BCUT2D eigenvalue weighted by atomic mass is 9.96. The predicted molar refractivity (Wildman–Crippen MR) is 126 cm³/mol. The molecule has 2 amide bonds. The van der Waals surface area contributed by atoms with Crippen LogP contribution in [0.5, 0.6) is 5.75 Å². The Kier molecular flexibility index (Phi) is 8.72. The van der Waals surface area contributed by atoms with Crippen molar-refractivity contribution in [3.8, 4) is 5.75 Å². The second-order valence-electron chi connectivity index (χ2n) is 8.39. The van der Waals surface area contributed by atoms with E-state index in [4.69, 9.17) is 25.8 Å². The van der Waals surface area contributed by atoms with Crippen molar-refractivity contribution in [2.45, 2.75) is 25.5 Å². The first-order chi connectivity index (χ1) is 15.8. The molecule has 2 aromatic carbocycles. The van der Waals surface area contributed by atoms with E-state index in [2.05, 4.69) is 0 Å². The normalized spacial score (nSPS) is 18.1. The molecule has 33 heavy (non-hydrogen) atoms. The molecule has 0 aliphatic carbocycles. The first-order valence-electron chi connectivity index (χ1n) is 10.9. The third kappa shape index (κ3) is 6.93. The molecule has 0 N–H and O–H groups in total. The fraction of sp³-hybridized carbons (Fsp3) is 0.440. The van der Waals surface area contributed by atoms with Gasteiger partial charge in [0.15, 0.2) is 0 Å². The zero-order chi connectivity index (χ0) is 23.8. The van der Waals surface area contributed by atoms with E-state index in [1.807, 2.05) is 43.3 Å². The van der Waals surface area contributed by atoms with Crippen molar-refractivity contribution in [2.24, 2.45) is 0 Å². The molecule has 1 atom stereocenters. The van der Waals surface area contributed by atoms with Crippen molar-refractivity contribution in [2.75, 3.05) is 47.1 Å². The maximum Gasteiger partial charge on any atom is 0.248 e. The molecule has 0 unspecified atom stereocenters. The van der Waals surface area contributed by atoms with E-state index in [0.29, 0.717) is 30.5 Å². The number of methoxy groups -OCH3 is 1. The van der Waals surface area contributed by atoms with Gasteiger partial charge >= 0.3 is 0 Å². The summed E-state index contributed by atoms with van der Waals surface area (Å²) in [4.78, 5) is 29.0. The number of nitrogens with zero attached hydrogens (tertiary/aromatic N) is 2. The fourth-order valence-electron chi connectivity index (χ4n) is 3.80. The van der Waals surface area contributed by atoms with E-state index in [1.165, 1.54) is 7.11 Å². The quantitative estimate of drug-likeness (QED) is 0.557. The number of hydrogen-bond acceptors (Lipinski definition) is 5. The van der Waals surface area contributed by atoms with Gasteiger partial charge in [-0.15, -0.1) is 0 Å². The number of hydrogen-bond donors (Lipinski definition) is 0. The summed E-state index contributed by atoms with van der Waals surface area (Å²) in [7, 11) is 3.25. The van der Waals surface area contributed by atoms with Crippen LogP contribution in [0.4, 0.5) is 0 Å². The number of carbonyl (C=O) groups excluding carboxylic acids is 2. The van der Waals surface area contributed by atoms with Crippen LogP contribution in [0.2, 0.25) is 5.02 Å². The second-order valence-corrected chi connectivity index (χ2v) is 8.80. The van der Waals surface area contributed by atoms with Crippen LogP contribution in [-0.2, 0) is 25.6 Å². The summed E-state index contributed by atoms with van der Waals surface area (Å²) in [6.07, 6.45) is 0.0830. The van der Waals surface area contributed by atoms with Crippen molar-refractivity contribution in [3.05, 3.63) is 64.7 Å². The molecule has 178 valence electrons. The molecular formula is C25H31ClN2O5. The van der Waals surface area contributed by atoms with Gasteiger partial charge in [-0.2, -0.15) is 0 Å². The molecule has 1 saturated heterocycles. The van der Waals surface area contributed by atoms with E-state index >= 15 is 0 Å². The standard InChI is InChI=1S/C25H31ClN2O5/c1-19-13-21(9-10-22(19)26)32-18-25(17-28(11-12-33-25)24(30)16-31-3)14-23(29)27(2)15-20-7-5-4-6-8-20/h4-10,13H,11-12,14-18H2,1-3H3/t25-/m1/s1. The summed E-state index contributed by atoms with van der Waals surface area (Å²) >= 11 is 6.12. The summed E-state index contributed by atoms with van der Waals surface area (Å²) < 4.78 is 17.2. The minimum Gasteiger partial charge on any atom is -0.490 e. The number of halogens is 1. The average Bonchev–Trinajstić information content (AvgIpc) is 2.81. The molecule has 0 aromatic heterocycles. The number of aryl methyl sites for hydroxylation is 1. The minimum absolute atomic E-state index is 0.0187. The van der Waals surface area contributed by atoms with Crippen LogP contribution < -0.4 is 4.74 Å². The average molecular weight is 475 g/mol. The van der Waals surface area contributed by atoms with Crippen LogP contribution in [0.3, 0.4) is 0 Å². The molecule has 0 radical (unpaired) electrons. The highest BCUT2D eigenvalue weighted by Gasteiger charge is 2.42. The zero-order valence-corrected chi connectivity index (χ0v) is 20.1. The minimum atomic E-state index is -0.975. The van der Waals surface area contributed by atoms with Crippen molar-refractivity contribution >= 4 is 23.4 Å². The summed E-state index contributed by atoms with van der Waals surface area (Å²) in [5.74, 6) is 0.402. The highest BCUT2D eigenvalue weighted by atomic mass is 35.5. The van der Waals surface area contributed by atoms with Gasteiger partial charge in [0.05, 0.1) is 19.6 Å². The molecule has 1 aliphatic heterocycles. The Hall–Kier alpha value is -2.61. The van der Waals surface area contributed by atoms with Gasteiger partial charge in [0, 0.05) is 32.3 Å². The Morgan fingerprint density at radius 2 is 1.97 bits per heavy atom. The van der Waals surface area contributed by atoms with Crippen molar-refractivity contribution < 1.29 is 23.8 Å². The Morgan fingerprint density at radius 3 is 2.67 bits per heavy atom. The largest absolute Gasteiger partial charge is 0.490 e. The second kappa shape index (κ2) is 11.5. The van der Waals surface area contributed by atoms with Crippen LogP contribution in [0.15, 0.2) is 48.5 Å². The van der Waals surface area contributed by atoms with E-state index in [0.717, 1.165) is 11.1 Å². The summed E-state index contributed by atoms with van der Waals surface area (Å²) in [5, 5.41) is 0.653. The Labute approximate surface area is 200 Å². The highest BCUT2D eigenvalue weighted by Crippen LogP contribution is 2.27. The molecule has 3 rings (SSSR count). The molecule has 0 bridgehead atoms. The van der Waals surface area contributed by atoms with E-state index in [-0.39, 0.29) is 38.0 Å². The number of ether oxygens (including phenoxy) is 3. The van der Waals surface area contributed by atoms with Crippen molar-refractivity contribution in [1.82, 2.24) is 9.80 Å². The predicted octanol–water partition coefficient (Wildman–Crippen LogP) is 3.32. The lowest BCUT2D eigenvalue weighted by Gasteiger charge is -2.42. The third-order valence-electron chi connectivity index (χ3n) is 5.66. The molecule has 8 heteroatoms. The highest BCUT2D eigenvalue weighted by molar-refractivity contribution is 6.31. The number of carbonyl (C=O) groups is 2. The first-order valence-corrected chi connectivity index (χ1v) is 11.3. The van der Waals surface area contributed by atoms with Crippen molar-refractivity contribution in [3.63, 3.8) is 0 Å². The number of morpholine rings is 1. The fourth-order valence-corrected chi connectivity index (χ4v) is 3.91. The molecule has 1 aliphatic rings.